The maximum absolute atomic E-state index is 13.1. The van der Waals surface area contributed by atoms with Crippen molar-refractivity contribution in [3.63, 3.8) is 0 Å². The van der Waals surface area contributed by atoms with Gasteiger partial charge in [0.05, 0.1) is 12.5 Å². The summed E-state index contributed by atoms with van der Waals surface area (Å²) >= 11 is 0. The number of nitrogens with zero attached hydrogens (tertiary/aromatic N) is 2. The Morgan fingerprint density at radius 3 is 2.84 bits per heavy atom. The number of piperidine rings is 1. The van der Waals surface area contributed by atoms with Gasteiger partial charge in [0.2, 0.25) is 5.91 Å². The molecule has 3 aliphatic heterocycles. The second-order valence-corrected chi connectivity index (χ2v) is 7.96. The Labute approximate surface area is 151 Å². The Morgan fingerprint density at radius 2 is 2.00 bits per heavy atom. The van der Waals surface area contributed by atoms with Crippen molar-refractivity contribution in [3.05, 3.63) is 35.4 Å². The fraction of sp³-hybridized carbons (Fsp3) is 0.667. The third-order valence-electron chi connectivity index (χ3n) is 6.07. The molecule has 25 heavy (non-hydrogen) atoms. The number of rotatable bonds is 3. The van der Waals surface area contributed by atoms with Gasteiger partial charge in [-0.3, -0.25) is 4.79 Å². The van der Waals surface area contributed by atoms with Crippen LogP contribution in [0.5, 0.6) is 0 Å². The third-order valence-corrected chi connectivity index (χ3v) is 6.07. The Bertz CT molecular complexity index is 597. The highest BCUT2D eigenvalue weighted by molar-refractivity contribution is 5.79. The molecule has 2 fully saturated rings. The molecule has 1 aromatic carbocycles. The molecule has 0 bridgehead atoms. The Kier molecular flexibility index (Phi) is 5.37. The lowest BCUT2D eigenvalue weighted by Gasteiger charge is -2.38. The molecular formula is C21H30N2O2. The first-order valence-electron chi connectivity index (χ1n) is 9.95. The number of hydrogen-bond acceptors (Lipinski definition) is 3. The molecule has 1 amide bonds. The van der Waals surface area contributed by atoms with E-state index in [4.69, 9.17) is 4.74 Å². The molecule has 4 heteroatoms. The van der Waals surface area contributed by atoms with Crippen LogP contribution in [0.15, 0.2) is 24.3 Å². The van der Waals surface area contributed by atoms with Crippen LogP contribution in [0.25, 0.3) is 0 Å². The van der Waals surface area contributed by atoms with Gasteiger partial charge in [-0.2, -0.15) is 0 Å². The summed E-state index contributed by atoms with van der Waals surface area (Å²) in [7, 11) is 0. The predicted molar refractivity (Wildman–Crippen MR) is 98.3 cm³/mol. The lowest BCUT2D eigenvalue weighted by Crippen LogP contribution is -2.47. The summed E-state index contributed by atoms with van der Waals surface area (Å²) in [5.41, 5.74) is 2.74. The first kappa shape index (κ1) is 17.0. The van der Waals surface area contributed by atoms with Gasteiger partial charge in [-0.15, -0.1) is 0 Å². The Balaban J connectivity index is 1.34. The fourth-order valence-corrected chi connectivity index (χ4v) is 4.68. The van der Waals surface area contributed by atoms with Crippen LogP contribution >= 0.6 is 0 Å². The minimum Gasteiger partial charge on any atom is -0.381 e. The van der Waals surface area contributed by atoms with Crippen molar-refractivity contribution < 1.29 is 9.53 Å². The van der Waals surface area contributed by atoms with E-state index in [2.05, 4.69) is 34.1 Å². The predicted octanol–water partition coefficient (Wildman–Crippen LogP) is 2.71. The molecule has 0 N–H and O–H groups in total. The Morgan fingerprint density at radius 1 is 1.12 bits per heavy atom. The van der Waals surface area contributed by atoms with Crippen LogP contribution in [-0.4, -0.2) is 55.1 Å². The normalized spacial score (nSPS) is 27.8. The largest absolute Gasteiger partial charge is 0.381 e. The fourth-order valence-electron chi connectivity index (χ4n) is 4.68. The number of amides is 1. The second-order valence-electron chi connectivity index (χ2n) is 7.96. The standard InChI is InChI=1S/C21H30N2O2/c24-21(23-11-9-18-6-1-2-7-19(18)15-23)20-8-3-10-22(14-20)13-17-5-4-12-25-16-17/h1-2,6-7,17,20H,3-5,8-16H2. The van der Waals surface area contributed by atoms with Gasteiger partial charge < -0.3 is 14.5 Å². The van der Waals surface area contributed by atoms with Crippen LogP contribution in [0, 0.1) is 11.8 Å². The van der Waals surface area contributed by atoms with Crippen LogP contribution < -0.4 is 0 Å². The summed E-state index contributed by atoms with van der Waals surface area (Å²) in [5.74, 6) is 1.21. The quantitative estimate of drug-likeness (QED) is 0.847. The summed E-state index contributed by atoms with van der Waals surface area (Å²) < 4.78 is 5.62. The number of hydrogen-bond donors (Lipinski definition) is 0. The molecule has 136 valence electrons. The van der Waals surface area contributed by atoms with Crippen molar-refractivity contribution in [1.29, 1.82) is 0 Å². The van der Waals surface area contributed by atoms with Gasteiger partial charge in [0.1, 0.15) is 0 Å². The monoisotopic (exact) mass is 342 g/mol. The molecule has 0 spiro atoms. The molecule has 0 aromatic heterocycles. The van der Waals surface area contributed by atoms with Gasteiger partial charge in [0.15, 0.2) is 0 Å². The average molecular weight is 342 g/mol. The lowest BCUT2D eigenvalue weighted by molar-refractivity contribution is -0.138. The van der Waals surface area contributed by atoms with Gasteiger partial charge in [0.25, 0.3) is 0 Å². The molecule has 3 aliphatic rings. The van der Waals surface area contributed by atoms with Gasteiger partial charge >= 0.3 is 0 Å². The summed E-state index contributed by atoms with van der Waals surface area (Å²) in [4.78, 5) is 17.7. The van der Waals surface area contributed by atoms with Crippen molar-refractivity contribution in [2.75, 3.05) is 39.4 Å². The number of likely N-dealkylation sites (tertiary alicyclic amines) is 1. The molecule has 1 aromatic rings. The van der Waals surface area contributed by atoms with E-state index >= 15 is 0 Å². The van der Waals surface area contributed by atoms with Crippen LogP contribution in [0.1, 0.15) is 36.8 Å². The smallest absolute Gasteiger partial charge is 0.227 e. The Hall–Kier alpha value is -1.39. The first-order valence-corrected chi connectivity index (χ1v) is 9.95. The number of fused-ring (bicyclic) bond motifs is 1. The summed E-state index contributed by atoms with van der Waals surface area (Å²) in [5, 5.41) is 0. The molecule has 3 heterocycles. The van der Waals surface area contributed by atoms with Crippen LogP contribution in [0.3, 0.4) is 0 Å². The van der Waals surface area contributed by atoms with Gasteiger partial charge in [-0.05, 0) is 55.7 Å². The van der Waals surface area contributed by atoms with Crippen molar-refractivity contribution in [1.82, 2.24) is 9.80 Å². The molecule has 0 aliphatic carbocycles. The highest BCUT2D eigenvalue weighted by Crippen LogP contribution is 2.25. The second kappa shape index (κ2) is 7.88. The average Bonchev–Trinajstić information content (AvgIpc) is 2.68. The zero-order valence-electron chi connectivity index (χ0n) is 15.2. The molecule has 2 saturated heterocycles. The summed E-state index contributed by atoms with van der Waals surface area (Å²) in [6.07, 6.45) is 5.66. The lowest BCUT2D eigenvalue weighted by atomic mass is 9.92. The molecule has 0 radical (unpaired) electrons. The molecule has 4 rings (SSSR count). The van der Waals surface area contributed by atoms with Gasteiger partial charge in [-0.25, -0.2) is 0 Å². The van der Waals surface area contributed by atoms with Gasteiger partial charge in [-0.1, -0.05) is 24.3 Å². The van der Waals surface area contributed by atoms with E-state index in [0.717, 1.165) is 65.2 Å². The van der Waals surface area contributed by atoms with Crippen LogP contribution in [0.2, 0.25) is 0 Å². The summed E-state index contributed by atoms with van der Waals surface area (Å²) in [6, 6.07) is 8.56. The SMILES string of the molecule is O=C(C1CCCN(CC2CCCOC2)C1)N1CCc2ccccc2C1. The number of carbonyl (C=O) groups excluding carboxylic acids is 1. The molecule has 2 atom stereocenters. The van der Waals surface area contributed by atoms with Crippen molar-refractivity contribution in [3.8, 4) is 0 Å². The number of carbonyl (C=O) groups is 1. The van der Waals surface area contributed by atoms with E-state index in [9.17, 15) is 4.79 Å². The minimum atomic E-state index is 0.184. The highest BCUT2D eigenvalue weighted by atomic mass is 16.5. The zero-order chi connectivity index (χ0) is 17.1. The first-order chi connectivity index (χ1) is 12.3. The minimum absolute atomic E-state index is 0.184. The van der Waals surface area contributed by atoms with E-state index in [1.807, 2.05) is 0 Å². The van der Waals surface area contributed by atoms with Crippen molar-refractivity contribution >= 4 is 5.91 Å². The highest BCUT2D eigenvalue weighted by Gasteiger charge is 2.31. The molecule has 2 unspecified atom stereocenters. The van der Waals surface area contributed by atoms with Crippen molar-refractivity contribution in [2.45, 2.75) is 38.6 Å². The van der Waals surface area contributed by atoms with Crippen molar-refractivity contribution in [2.24, 2.45) is 11.8 Å². The van der Waals surface area contributed by atoms with Crippen LogP contribution in [-0.2, 0) is 22.5 Å². The van der Waals surface area contributed by atoms with E-state index in [1.165, 1.54) is 24.0 Å². The number of benzene rings is 1. The van der Waals surface area contributed by atoms with E-state index < -0.39 is 0 Å². The third kappa shape index (κ3) is 4.06. The van der Waals surface area contributed by atoms with E-state index in [-0.39, 0.29) is 5.92 Å². The van der Waals surface area contributed by atoms with Gasteiger partial charge in [0, 0.05) is 32.8 Å². The maximum Gasteiger partial charge on any atom is 0.227 e. The zero-order valence-corrected chi connectivity index (χ0v) is 15.2. The molecular weight excluding hydrogens is 312 g/mol. The number of ether oxygens (including phenoxy) is 1. The van der Waals surface area contributed by atoms with Crippen LogP contribution in [0.4, 0.5) is 0 Å². The molecule has 4 nitrogen and oxygen atoms in total. The molecule has 0 saturated carbocycles. The summed E-state index contributed by atoms with van der Waals surface area (Å²) in [6.45, 7) is 6.68. The maximum atomic E-state index is 13.1. The van der Waals surface area contributed by atoms with E-state index in [1.54, 1.807) is 0 Å². The topological polar surface area (TPSA) is 32.8 Å². The van der Waals surface area contributed by atoms with E-state index in [0.29, 0.717) is 11.8 Å².